The van der Waals surface area contributed by atoms with E-state index in [0.717, 1.165) is 32.7 Å². The molecule has 2 heterocycles. The molecule has 1 aromatic carbocycles. The Morgan fingerprint density at radius 1 is 1.30 bits per heavy atom. The number of piperazine rings is 1. The topological polar surface area (TPSA) is 48.1 Å². The minimum atomic E-state index is -0.316. The quantitative estimate of drug-likeness (QED) is 0.836. The molecule has 0 saturated carbocycles. The number of benzene rings is 1. The number of hydrogen-bond donors (Lipinski definition) is 2. The Morgan fingerprint density at radius 2 is 2.10 bits per heavy atom. The first-order valence-electron chi connectivity index (χ1n) is 6.97. The van der Waals surface area contributed by atoms with Gasteiger partial charge in [-0.05, 0) is 6.07 Å². The summed E-state index contributed by atoms with van der Waals surface area (Å²) < 4.78 is 13.6. The van der Waals surface area contributed by atoms with Gasteiger partial charge in [-0.15, -0.1) is 0 Å². The Balaban J connectivity index is 1.71. The lowest BCUT2D eigenvalue weighted by Gasteiger charge is -2.26. The van der Waals surface area contributed by atoms with E-state index in [1.807, 2.05) is 0 Å². The number of fused-ring (bicyclic) bond motifs is 1. The van der Waals surface area contributed by atoms with Crippen molar-refractivity contribution in [2.24, 2.45) is 0 Å². The maximum Gasteiger partial charge on any atom is 0.166 e. The Morgan fingerprint density at radius 3 is 2.90 bits per heavy atom. The summed E-state index contributed by atoms with van der Waals surface area (Å²) in [4.78, 5) is 17.4. The van der Waals surface area contributed by atoms with E-state index < -0.39 is 0 Å². The van der Waals surface area contributed by atoms with Gasteiger partial charge in [0.2, 0.25) is 0 Å². The van der Waals surface area contributed by atoms with E-state index in [0.29, 0.717) is 22.9 Å². The Bertz CT molecular complexity index is 617. The van der Waals surface area contributed by atoms with Crippen LogP contribution in [0.2, 0.25) is 0 Å². The second-order valence-corrected chi connectivity index (χ2v) is 5.13. The van der Waals surface area contributed by atoms with Crippen LogP contribution in [0.5, 0.6) is 0 Å². The van der Waals surface area contributed by atoms with Crippen molar-refractivity contribution in [2.45, 2.75) is 6.42 Å². The minimum Gasteiger partial charge on any atom is -0.358 e. The first-order chi connectivity index (χ1) is 9.75. The fourth-order valence-electron chi connectivity index (χ4n) is 2.68. The summed E-state index contributed by atoms with van der Waals surface area (Å²) in [6.45, 7) is 4.69. The van der Waals surface area contributed by atoms with Crippen LogP contribution in [0.15, 0.2) is 24.4 Å². The van der Waals surface area contributed by atoms with E-state index in [2.05, 4.69) is 15.2 Å². The van der Waals surface area contributed by atoms with Crippen molar-refractivity contribution in [1.82, 2.24) is 15.2 Å². The van der Waals surface area contributed by atoms with Crippen LogP contribution < -0.4 is 5.32 Å². The predicted octanol–water partition coefficient (Wildman–Crippen LogP) is 1.78. The van der Waals surface area contributed by atoms with E-state index in [4.69, 9.17) is 0 Å². The largest absolute Gasteiger partial charge is 0.358 e. The molecule has 0 aliphatic carbocycles. The van der Waals surface area contributed by atoms with Crippen molar-refractivity contribution in [2.75, 3.05) is 32.7 Å². The highest BCUT2D eigenvalue weighted by molar-refractivity contribution is 6.07. The highest BCUT2D eigenvalue weighted by Crippen LogP contribution is 2.21. The van der Waals surface area contributed by atoms with Crippen LogP contribution in [0.1, 0.15) is 16.8 Å². The fraction of sp³-hybridized carbons (Fsp3) is 0.400. The molecule has 5 heteroatoms. The summed E-state index contributed by atoms with van der Waals surface area (Å²) in [6.07, 6.45) is 2.09. The molecule has 2 aromatic rings. The normalized spacial score (nSPS) is 16.6. The smallest absolute Gasteiger partial charge is 0.166 e. The Labute approximate surface area is 117 Å². The van der Waals surface area contributed by atoms with Crippen LogP contribution in [0, 0.1) is 5.82 Å². The number of Topliss-reactive ketones (excluding diaryl/α,β-unsaturated/α-hetero) is 1. The summed E-state index contributed by atoms with van der Waals surface area (Å²) in [6, 6.07) is 4.82. The summed E-state index contributed by atoms with van der Waals surface area (Å²) >= 11 is 0. The van der Waals surface area contributed by atoms with Crippen molar-refractivity contribution in [3.63, 3.8) is 0 Å². The second-order valence-electron chi connectivity index (χ2n) is 5.13. The maximum atomic E-state index is 13.6. The Kier molecular flexibility index (Phi) is 3.80. The number of carbonyl (C=O) groups excluding carboxylic acids is 1. The van der Waals surface area contributed by atoms with Crippen molar-refractivity contribution in [1.29, 1.82) is 0 Å². The van der Waals surface area contributed by atoms with Gasteiger partial charge in [0.25, 0.3) is 0 Å². The fourth-order valence-corrected chi connectivity index (χ4v) is 2.68. The van der Waals surface area contributed by atoms with Gasteiger partial charge in [0.1, 0.15) is 5.82 Å². The number of rotatable bonds is 4. The number of carbonyl (C=O) groups is 1. The molecule has 4 nitrogen and oxygen atoms in total. The zero-order chi connectivity index (χ0) is 13.9. The zero-order valence-corrected chi connectivity index (χ0v) is 11.3. The van der Waals surface area contributed by atoms with Gasteiger partial charge in [-0.25, -0.2) is 4.39 Å². The van der Waals surface area contributed by atoms with E-state index in [9.17, 15) is 9.18 Å². The zero-order valence-electron chi connectivity index (χ0n) is 11.3. The lowest BCUT2D eigenvalue weighted by atomic mass is 10.1. The molecule has 1 aliphatic heterocycles. The number of halogens is 1. The maximum absolute atomic E-state index is 13.6. The predicted molar refractivity (Wildman–Crippen MR) is 76.5 cm³/mol. The monoisotopic (exact) mass is 275 g/mol. The first kappa shape index (κ1) is 13.3. The Hall–Kier alpha value is -1.72. The molecule has 1 saturated heterocycles. The van der Waals surface area contributed by atoms with E-state index in [1.165, 1.54) is 6.07 Å². The van der Waals surface area contributed by atoms with Gasteiger partial charge >= 0.3 is 0 Å². The number of nitrogens with one attached hydrogen (secondary N) is 2. The van der Waals surface area contributed by atoms with Crippen LogP contribution in [-0.4, -0.2) is 48.4 Å². The van der Waals surface area contributed by atoms with Gasteiger partial charge in [-0.1, -0.05) is 12.1 Å². The molecule has 0 atom stereocenters. The third-order valence-electron chi connectivity index (χ3n) is 3.83. The lowest BCUT2D eigenvalue weighted by Crippen LogP contribution is -2.44. The third-order valence-corrected chi connectivity index (χ3v) is 3.83. The van der Waals surface area contributed by atoms with Gasteiger partial charge in [0.15, 0.2) is 5.78 Å². The summed E-state index contributed by atoms with van der Waals surface area (Å²) in [5, 5.41) is 3.96. The standard InChI is InChI=1S/C15H18FN3O/c16-13-3-1-2-11-12(10-18-15(11)13)14(20)4-7-19-8-5-17-6-9-19/h1-3,10,17-18H,4-9H2. The average Bonchev–Trinajstić information content (AvgIpc) is 2.91. The van der Waals surface area contributed by atoms with Crippen LogP contribution in [-0.2, 0) is 0 Å². The molecule has 1 aliphatic rings. The van der Waals surface area contributed by atoms with E-state index in [1.54, 1.807) is 18.3 Å². The third kappa shape index (κ3) is 2.59. The molecule has 1 fully saturated rings. The number of aromatic nitrogens is 1. The molecular weight excluding hydrogens is 257 g/mol. The average molecular weight is 275 g/mol. The number of nitrogens with zero attached hydrogens (tertiary/aromatic N) is 1. The van der Waals surface area contributed by atoms with E-state index >= 15 is 0 Å². The molecule has 106 valence electrons. The highest BCUT2D eigenvalue weighted by atomic mass is 19.1. The van der Waals surface area contributed by atoms with Crippen LogP contribution in [0.25, 0.3) is 10.9 Å². The molecule has 0 unspecified atom stereocenters. The number of H-pyrrole nitrogens is 1. The minimum absolute atomic E-state index is 0.0698. The number of hydrogen-bond acceptors (Lipinski definition) is 3. The number of para-hydroxylation sites is 1. The molecule has 0 radical (unpaired) electrons. The molecule has 20 heavy (non-hydrogen) atoms. The van der Waals surface area contributed by atoms with Crippen LogP contribution in [0.4, 0.5) is 4.39 Å². The van der Waals surface area contributed by atoms with Gasteiger partial charge in [-0.2, -0.15) is 0 Å². The van der Waals surface area contributed by atoms with Crippen molar-refractivity contribution in [3.05, 3.63) is 35.8 Å². The van der Waals surface area contributed by atoms with Crippen LogP contribution >= 0.6 is 0 Å². The molecular formula is C15H18FN3O. The van der Waals surface area contributed by atoms with Crippen molar-refractivity contribution >= 4 is 16.7 Å². The van der Waals surface area contributed by atoms with Crippen LogP contribution in [0.3, 0.4) is 0 Å². The molecule has 0 spiro atoms. The first-order valence-corrected chi connectivity index (χ1v) is 6.97. The van der Waals surface area contributed by atoms with Gasteiger partial charge in [0.05, 0.1) is 5.52 Å². The van der Waals surface area contributed by atoms with Gasteiger partial charge in [0, 0.05) is 56.3 Å². The summed E-state index contributed by atoms with van der Waals surface area (Å²) in [7, 11) is 0. The molecule has 0 amide bonds. The number of ketones is 1. The van der Waals surface area contributed by atoms with Crippen molar-refractivity contribution in [3.8, 4) is 0 Å². The molecule has 1 aromatic heterocycles. The van der Waals surface area contributed by atoms with E-state index in [-0.39, 0.29) is 11.6 Å². The molecule has 2 N–H and O–H groups in total. The molecule has 3 rings (SSSR count). The SMILES string of the molecule is O=C(CCN1CCNCC1)c1c[nH]c2c(F)cccc12. The second kappa shape index (κ2) is 5.73. The summed E-state index contributed by atoms with van der Waals surface area (Å²) in [5.41, 5.74) is 1.01. The van der Waals surface area contributed by atoms with Gasteiger partial charge in [-0.3, -0.25) is 4.79 Å². The van der Waals surface area contributed by atoms with Crippen molar-refractivity contribution < 1.29 is 9.18 Å². The number of aromatic amines is 1. The van der Waals surface area contributed by atoms with Gasteiger partial charge < -0.3 is 15.2 Å². The summed E-state index contributed by atoms with van der Waals surface area (Å²) in [5.74, 6) is -0.246. The highest BCUT2D eigenvalue weighted by Gasteiger charge is 2.16. The lowest BCUT2D eigenvalue weighted by molar-refractivity contribution is 0.0962. The molecule has 0 bridgehead atoms.